The minimum atomic E-state index is -4.53. The Bertz CT molecular complexity index is 1020. The molecule has 33 heavy (non-hydrogen) atoms. The van der Waals surface area contributed by atoms with Gasteiger partial charge in [0.15, 0.2) is 5.78 Å². The third-order valence-electron chi connectivity index (χ3n) is 5.97. The minimum absolute atomic E-state index is 0.133. The van der Waals surface area contributed by atoms with Gasteiger partial charge in [0, 0.05) is 22.9 Å². The summed E-state index contributed by atoms with van der Waals surface area (Å²) in [4.78, 5) is 38.9. The third kappa shape index (κ3) is 4.67. The molecule has 0 amide bonds. The van der Waals surface area contributed by atoms with Crippen molar-refractivity contribution in [3.63, 3.8) is 0 Å². The van der Waals surface area contributed by atoms with Crippen LogP contribution in [0.2, 0.25) is 0 Å². The van der Waals surface area contributed by atoms with Crippen LogP contribution in [0.1, 0.15) is 50.7 Å². The van der Waals surface area contributed by atoms with E-state index < -0.39 is 41.3 Å². The van der Waals surface area contributed by atoms with Crippen molar-refractivity contribution in [2.45, 2.75) is 45.7 Å². The number of alkyl halides is 3. The number of dihydropyridines is 1. The van der Waals surface area contributed by atoms with Gasteiger partial charge in [0.05, 0.1) is 24.9 Å². The molecule has 0 aromatic heterocycles. The van der Waals surface area contributed by atoms with Gasteiger partial charge in [0.25, 0.3) is 0 Å². The molecule has 2 aliphatic rings. The summed E-state index contributed by atoms with van der Waals surface area (Å²) in [5.41, 5.74) is 0.789. The zero-order valence-corrected chi connectivity index (χ0v) is 18.8. The van der Waals surface area contributed by atoms with Crippen LogP contribution >= 0.6 is 0 Å². The van der Waals surface area contributed by atoms with E-state index in [9.17, 15) is 27.6 Å². The molecule has 1 aromatic carbocycles. The normalized spacial score (nSPS) is 23.1. The Morgan fingerprint density at radius 3 is 2.36 bits per heavy atom. The first kappa shape index (κ1) is 24.5. The molecular formula is C24H26F3NO5. The standard InChI is InChI=1S/C24H26F3NO5/c1-5-10-33-23(31)18-13(3)28-16-11-12(2)17(22(30)32-4)21(29)20(16)19(18)14-6-8-15(9-7-14)24(25,26)27/h6-9,12,17,19,28H,5,10-11H2,1-4H3/t12-,17+,19-/m0/s1. The predicted octanol–water partition coefficient (Wildman–Crippen LogP) is 4.27. The van der Waals surface area contributed by atoms with Gasteiger partial charge in [-0.3, -0.25) is 9.59 Å². The van der Waals surface area contributed by atoms with Crippen molar-refractivity contribution in [2.75, 3.05) is 13.7 Å². The molecule has 1 aliphatic heterocycles. The Labute approximate surface area is 189 Å². The van der Waals surface area contributed by atoms with Crippen LogP contribution < -0.4 is 5.32 Å². The highest BCUT2D eigenvalue weighted by Gasteiger charge is 2.47. The number of rotatable bonds is 5. The molecule has 0 radical (unpaired) electrons. The second-order valence-corrected chi connectivity index (χ2v) is 8.29. The van der Waals surface area contributed by atoms with E-state index >= 15 is 0 Å². The SMILES string of the molecule is CCCOC(=O)C1=C(C)NC2=C(C(=O)[C@H](C(=O)OC)[C@@H](C)C2)[C@H]1c1ccc(C(F)(F)F)cc1. The molecule has 0 saturated carbocycles. The summed E-state index contributed by atoms with van der Waals surface area (Å²) in [6.07, 6.45) is -3.62. The Morgan fingerprint density at radius 2 is 1.82 bits per heavy atom. The molecule has 0 spiro atoms. The quantitative estimate of drug-likeness (QED) is 0.517. The summed E-state index contributed by atoms with van der Waals surface area (Å²) >= 11 is 0. The van der Waals surface area contributed by atoms with Crippen molar-refractivity contribution >= 4 is 17.7 Å². The van der Waals surface area contributed by atoms with E-state index in [0.717, 1.165) is 12.1 Å². The van der Waals surface area contributed by atoms with Gasteiger partial charge in [-0.15, -0.1) is 0 Å². The molecule has 6 nitrogen and oxygen atoms in total. The Morgan fingerprint density at radius 1 is 1.18 bits per heavy atom. The van der Waals surface area contributed by atoms with Crippen LogP contribution in [0.15, 0.2) is 46.8 Å². The van der Waals surface area contributed by atoms with Gasteiger partial charge in [0.1, 0.15) is 5.92 Å². The average Bonchev–Trinajstić information content (AvgIpc) is 2.75. The Kier molecular flexibility index (Phi) is 7.00. The molecule has 0 bridgehead atoms. The van der Waals surface area contributed by atoms with E-state index in [1.54, 1.807) is 13.8 Å². The predicted molar refractivity (Wildman–Crippen MR) is 113 cm³/mol. The Balaban J connectivity index is 2.16. The molecule has 1 N–H and O–H groups in total. The van der Waals surface area contributed by atoms with Crippen LogP contribution in [-0.4, -0.2) is 31.4 Å². The van der Waals surface area contributed by atoms with Gasteiger partial charge in [-0.2, -0.15) is 13.2 Å². The van der Waals surface area contributed by atoms with Crippen molar-refractivity contribution in [3.8, 4) is 0 Å². The van der Waals surface area contributed by atoms with Crippen molar-refractivity contribution in [3.05, 3.63) is 57.9 Å². The lowest BCUT2D eigenvalue weighted by atomic mass is 9.69. The second kappa shape index (κ2) is 9.41. The maximum absolute atomic E-state index is 13.5. The molecule has 9 heteroatoms. The van der Waals surface area contributed by atoms with Crippen molar-refractivity contribution in [1.82, 2.24) is 5.32 Å². The van der Waals surface area contributed by atoms with Gasteiger partial charge in [0.2, 0.25) is 0 Å². The number of allylic oxidation sites excluding steroid dienone is 3. The molecule has 1 heterocycles. The molecule has 3 rings (SSSR count). The van der Waals surface area contributed by atoms with E-state index in [4.69, 9.17) is 9.47 Å². The van der Waals surface area contributed by atoms with E-state index in [0.29, 0.717) is 29.8 Å². The summed E-state index contributed by atoms with van der Waals surface area (Å²) < 4.78 is 49.5. The number of ether oxygens (including phenoxy) is 2. The number of ketones is 1. The number of nitrogens with one attached hydrogen (secondary N) is 1. The van der Waals surface area contributed by atoms with E-state index in [-0.39, 0.29) is 23.7 Å². The summed E-state index contributed by atoms with van der Waals surface area (Å²) in [5.74, 6) is -4.27. The summed E-state index contributed by atoms with van der Waals surface area (Å²) in [7, 11) is 1.19. The lowest BCUT2D eigenvalue weighted by Crippen LogP contribution is -2.43. The molecule has 178 valence electrons. The number of carbonyl (C=O) groups is 3. The first-order chi connectivity index (χ1) is 15.5. The molecule has 0 saturated heterocycles. The second-order valence-electron chi connectivity index (χ2n) is 8.29. The minimum Gasteiger partial charge on any atom is -0.468 e. The number of benzene rings is 1. The van der Waals surface area contributed by atoms with Crippen molar-refractivity contribution in [2.24, 2.45) is 11.8 Å². The van der Waals surface area contributed by atoms with Gasteiger partial charge < -0.3 is 14.8 Å². The van der Waals surface area contributed by atoms with Crippen LogP contribution in [0.5, 0.6) is 0 Å². The van der Waals surface area contributed by atoms with Gasteiger partial charge in [-0.05, 0) is 43.4 Å². The van der Waals surface area contributed by atoms with E-state index in [1.807, 2.05) is 6.92 Å². The first-order valence-electron chi connectivity index (χ1n) is 10.7. The fourth-order valence-corrected chi connectivity index (χ4v) is 4.42. The number of methoxy groups -OCH3 is 1. The monoisotopic (exact) mass is 465 g/mol. The number of Topliss-reactive ketones (excluding diaryl/α,β-unsaturated/α-hetero) is 1. The number of hydrogen-bond donors (Lipinski definition) is 1. The molecular weight excluding hydrogens is 439 g/mol. The maximum atomic E-state index is 13.5. The number of carbonyl (C=O) groups excluding carboxylic acids is 3. The van der Waals surface area contributed by atoms with Crippen LogP contribution in [0.4, 0.5) is 13.2 Å². The molecule has 0 unspecified atom stereocenters. The largest absolute Gasteiger partial charge is 0.468 e. The lowest BCUT2D eigenvalue weighted by Gasteiger charge is -2.38. The Hall–Kier alpha value is -3.10. The smallest absolute Gasteiger partial charge is 0.416 e. The summed E-state index contributed by atoms with van der Waals surface area (Å²) in [6, 6.07) is 4.33. The molecule has 0 fully saturated rings. The van der Waals surface area contributed by atoms with Gasteiger partial charge in [-0.25, -0.2) is 4.79 Å². The lowest BCUT2D eigenvalue weighted by molar-refractivity contribution is -0.151. The maximum Gasteiger partial charge on any atom is 0.416 e. The number of halogens is 3. The zero-order chi connectivity index (χ0) is 24.5. The van der Waals surface area contributed by atoms with Gasteiger partial charge in [-0.1, -0.05) is 26.0 Å². The van der Waals surface area contributed by atoms with Crippen LogP contribution in [0.25, 0.3) is 0 Å². The highest BCUT2D eigenvalue weighted by Crippen LogP contribution is 2.45. The molecule has 1 aromatic rings. The summed E-state index contributed by atoms with van der Waals surface area (Å²) in [5, 5.41) is 3.10. The highest BCUT2D eigenvalue weighted by atomic mass is 19.4. The first-order valence-corrected chi connectivity index (χ1v) is 10.7. The highest BCUT2D eigenvalue weighted by molar-refractivity contribution is 6.12. The van der Waals surface area contributed by atoms with Gasteiger partial charge >= 0.3 is 18.1 Å². The molecule has 1 aliphatic carbocycles. The zero-order valence-electron chi connectivity index (χ0n) is 18.8. The topological polar surface area (TPSA) is 81.7 Å². The fourth-order valence-electron chi connectivity index (χ4n) is 4.42. The third-order valence-corrected chi connectivity index (χ3v) is 5.97. The van der Waals surface area contributed by atoms with Crippen LogP contribution in [0, 0.1) is 11.8 Å². The van der Waals surface area contributed by atoms with E-state index in [1.165, 1.54) is 19.2 Å². The fraction of sp³-hybridized carbons (Fsp3) is 0.458. The van der Waals surface area contributed by atoms with Crippen LogP contribution in [-0.2, 0) is 30.0 Å². The summed E-state index contributed by atoms with van der Waals surface area (Å²) in [6.45, 7) is 5.39. The van der Waals surface area contributed by atoms with E-state index in [2.05, 4.69) is 5.32 Å². The average molecular weight is 465 g/mol. The van der Waals surface area contributed by atoms with Crippen molar-refractivity contribution in [1.29, 1.82) is 0 Å². The number of hydrogen-bond acceptors (Lipinski definition) is 6. The van der Waals surface area contributed by atoms with Crippen LogP contribution in [0.3, 0.4) is 0 Å². The molecule has 3 atom stereocenters. The number of esters is 2. The van der Waals surface area contributed by atoms with Crippen molar-refractivity contribution < 1.29 is 37.0 Å².